The normalized spacial score (nSPS) is 11.2. The van der Waals surface area contributed by atoms with Crippen molar-refractivity contribution in [3.8, 4) is 0 Å². The molecule has 0 N–H and O–H groups in total. The van der Waals surface area contributed by atoms with Crippen molar-refractivity contribution in [1.29, 1.82) is 0 Å². The molecular formula is C10H11BF3O2-. The third-order valence-corrected chi connectivity index (χ3v) is 2.17. The Morgan fingerprint density at radius 1 is 1.38 bits per heavy atom. The lowest BCUT2D eigenvalue weighted by molar-refractivity contribution is -0.140. The minimum absolute atomic E-state index is 0.0881. The van der Waals surface area contributed by atoms with Crippen molar-refractivity contribution < 1.29 is 22.5 Å². The fourth-order valence-corrected chi connectivity index (χ4v) is 1.30. The van der Waals surface area contributed by atoms with Gasteiger partial charge in [0.1, 0.15) is 0 Å². The number of rotatable bonds is 4. The van der Waals surface area contributed by atoms with E-state index in [0.717, 1.165) is 12.1 Å². The highest BCUT2D eigenvalue weighted by atomic mass is 19.4. The van der Waals surface area contributed by atoms with Crippen molar-refractivity contribution in [1.82, 2.24) is 0 Å². The number of halogens is 3. The predicted molar refractivity (Wildman–Crippen MR) is 55.5 cm³/mol. The average Bonchev–Trinajstić information content (AvgIpc) is 2.25. The Hall–Kier alpha value is -1.46. The lowest BCUT2D eigenvalue weighted by Crippen LogP contribution is -2.34. The van der Waals surface area contributed by atoms with Gasteiger partial charge in [-0.3, -0.25) is 4.79 Å². The van der Waals surface area contributed by atoms with E-state index in [1.807, 2.05) is 0 Å². The van der Waals surface area contributed by atoms with Gasteiger partial charge in [0.25, 0.3) is 0 Å². The second-order valence-corrected chi connectivity index (χ2v) is 3.40. The van der Waals surface area contributed by atoms with Gasteiger partial charge in [0.2, 0.25) is 0 Å². The van der Waals surface area contributed by atoms with Crippen molar-refractivity contribution in [2.24, 2.45) is 0 Å². The summed E-state index contributed by atoms with van der Waals surface area (Å²) in [5, 5.41) is 0. The van der Waals surface area contributed by atoms with E-state index < -0.39 is 18.4 Å². The van der Waals surface area contributed by atoms with Gasteiger partial charge in [-0.25, -0.2) is 0 Å². The Kier molecular flexibility index (Phi) is 3.98. The van der Waals surface area contributed by atoms with E-state index in [4.69, 9.17) is 0 Å². The van der Waals surface area contributed by atoms with Crippen LogP contribution in [0.25, 0.3) is 0 Å². The maximum Gasteiger partial charge on any atom is 0.509 e. The second kappa shape index (κ2) is 5.05. The molecule has 2 nitrogen and oxygen atoms in total. The summed E-state index contributed by atoms with van der Waals surface area (Å²) < 4.78 is 41.6. The lowest BCUT2D eigenvalue weighted by Gasteiger charge is -2.15. The Bertz CT molecular complexity index is 377. The first-order valence-electron chi connectivity index (χ1n) is 4.79. The minimum Gasteiger partial charge on any atom is -0.469 e. The molecule has 6 heteroatoms. The van der Waals surface area contributed by atoms with Crippen LogP contribution in [0.5, 0.6) is 0 Å². The molecule has 0 aliphatic heterocycles. The number of hydrogen-bond donors (Lipinski definition) is 0. The van der Waals surface area contributed by atoms with Crippen LogP contribution in [0.15, 0.2) is 24.3 Å². The van der Waals surface area contributed by atoms with Gasteiger partial charge in [-0.15, -0.1) is 5.46 Å². The highest BCUT2D eigenvalue weighted by Crippen LogP contribution is 2.11. The zero-order valence-corrected chi connectivity index (χ0v) is 8.75. The standard InChI is InChI=1S/C10H11BF3O2/c1-16-10(15)6-5-8-3-2-4-9(7-8)11(12,13)14/h2-4,7H,5-6H2,1H3/q-1. The Morgan fingerprint density at radius 2 is 2.06 bits per heavy atom. The summed E-state index contributed by atoms with van der Waals surface area (Å²) in [6.07, 6.45) is 0.345. The highest BCUT2D eigenvalue weighted by Gasteiger charge is 2.25. The fraction of sp³-hybridized carbons (Fsp3) is 0.300. The molecule has 0 aliphatic rings. The first-order valence-corrected chi connectivity index (χ1v) is 4.79. The van der Waals surface area contributed by atoms with Crippen LogP contribution in [0.4, 0.5) is 12.9 Å². The molecule has 0 radical (unpaired) electrons. The number of hydrogen-bond acceptors (Lipinski definition) is 2. The van der Waals surface area contributed by atoms with Crippen molar-refractivity contribution in [2.45, 2.75) is 12.8 Å². The zero-order valence-electron chi connectivity index (χ0n) is 8.75. The van der Waals surface area contributed by atoms with Crippen LogP contribution in [-0.4, -0.2) is 20.1 Å². The summed E-state index contributed by atoms with van der Waals surface area (Å²) in [6.45, 7) is -4.98. The van der Waals surface area contributed by atoms with Crippen LogP contribution in [-0.2, 0) is 16.0 Å². The average molecular weight is 231 g/mol. The smallest absolute Gasteiger partial charge is 0.469 e. The van der Waals surface area contributed by atoms with Gasteiger partial charge in [-0.2, -0.15) is 0 Å². The van der Waals surface area contributed by atoms with E-state index in [1.54, 1.807) is 6.07 Å². The predicted octanol–water partition coefficient (Wildman–Crippen LogP) is 1.85. The molecule has 0 saturated heterocycles. The number of aryl methyl sites for hydroxylation is 1. The molecule has 0 saturated carbocycles. The number of carbonyl (C=O) groups excluding carboxylic acids is 1. The third kappa shape index (κ3) is 3.60. The van der Waals surface area contributed by atoms with Crippen molar-refractivity contribution in [3.63, 3.8) is 0 Å². The zero-order chi connectivity index (χ0) is 12.2. The molecule has 0 aliphatic carbocycles. The number of ether oxygens (including phenoxy) is 1. The summed E-state index contributed by atoms with van der Waals surface area (Å²) in [6, 6.07) is 5.01. The summed E-state index contributed by atoms with van der Waals surface area (Å²) in [7, 11) is 1.25. The van der Waals surface area contributed by atoms with Crippen LogP contribution < -0.4 is 5.46 Å². The van der Waals surface area contributed by atoms with Gasteiger partial charge in [0.15, 0.2) is 0 Å². The highest BCUT2D eigenvalue weighted by molar-refractivity contribution is 6.73. The van der Waals surface area contributed by atoms with Crippen LogP contribution >= 0.6 is 0 Å². The molecule has 1 aromatic rings. The second-order valence-electron chi connectivity index (χ2n) is 3.40. The molecule has 0 fully saturated rings. The molecular weight excluding hydrogens is 220 g/mol. The number of carbonyl (C=O) groups is 1. The summed E-state index contributed by atoms with van der Waals surface area (Å²) in [5.41, 5.74) is -0.149. The molecule has 0 unspecified atom stereocenters. The van der Waals surface area contributed by atoms with Gasteiger partial charge in [-0.05, 0) is 6.42 Å². The molecule has 0 bridgehead atoms. The van der Waals surface area contributed by atoms with Crippen LogP contribution in [0.1, 0.15) is 12.0 Å². The van der Waals surface area contributed by atoms with E-state index in [1.165, 1.54) is 13.2 Å². The quantitative estimate of drug-likeness (QED) is 0.583. The Balaban J connectivity index is 2.72. The minimum atomic E-state index is -4.98. The van der Waals surface area contributed by atoms with Gasteiger partial charge >= 0.3 is 12.9 Å². The fourth-order valence-electron chi connectivity index (χ4n) is 1.30. The molecule has 0 aromatic heterocycles. The van der Waals surface area contributed by atoms with Crippen molar-refractivity contribution in [2.75, 3.05) is 7.11 Å². The first kappa shape index (κ1) is 12.6. The van der Waals surface area contributed by atoms with Crippen molar-refractivity contribution in [3.05, 3.63) is 29.8 Å². The van der Waals surface area contributed by atoms with E-state index in [2.05, 4.69) is 4.74 Å². The van der Waals surface area contributed by atoms with Gasteiger partial charge in [0.05, 0.1) is 7.11 Å². The Morgan fingerprint density at radius 3 is 2.62 bits per heavy atom. The first-order chi connectivity index (χ1) is 7.43. The Labute approximate surface area is 91.5 Å². The molecule has 0 atom stereocenters. The summed E-state index contributed by atoms with van der Waals surface area (Å²) in [5.74, 6) is -0.428. The van der Waals surface area contributed by atoms with E-state index >= 15 is 0 Å². The number of esters is 1. The number of methoxy groups -OCH3 is 1. The molecule has 0 spiro atoms. The summed E-state index contributed by atoms with van der Waals surface area (Å²) in [4.78, 5) is 10.8. The van der Waals surface area contributed by atoms with Crippen LogP contribution in [0.3, 0.4) is 0 Å². The van der Waals surface area contributed by atoms with E-state index in [9.17, 15) is 17.7 Å². The summed E-state index contributed by atoms with van der Waals surface area (Å²) >= 11 is 0. The third-order valence-electron chi connectivity index (χ3n) is 2.17. The van der Waals surface area contributed by atoms with Gasteiger partial charge in [-0.1, -0.05) is 29.8 Å². The molecule has 1 rings (SSSR count). The molecule has 16 heavy (non-hydrogen) atoms. The topological polar surface area (TPSA) is 26.3 Å². The molecule has 0 heterocycles. The van der Waals surface area contributed by atoms with Crippen LogP contribution in [0.2, 0.25) is 0 Å². The van der Waals surface area contributed by atoms with Gasteiger partial charge in [0, 0.05) is 6.42 Å². The largest absolute Gasteiger partial charge is 0.509 e. The number of benzene rings is 1. The van der Waals surface area contributed by atoms with E-state index in [0.29, 0.717) is 5.56 Å². The van der Waals surface area contributed by atoms with Gasteiger partial charge < -0.3 is 17.7 Å². The molecule has 0 amide bonds. The van der Waals surface area contributed by atoms with E-state index in [-0.39, 0.29) is 12.8 Å². The maximum absolute atomic E-state index is 12.4. The molecule has 1 aromatic carbocycles. The maximum atomic E-state index is 12.4. The van der Waals surface area contributed by atoms with Crippen LogP contribution in [0, 0.1) is 0 Å². The monoisotopic (exact) mass is 231 g/mol. The lowest BCUT2D eigenvalue weighted by atomic mass is 9.79. The van der Waals surface area contributed by atoms with Crippen molar-refractivity contribution >= 4 is 18.4 Å². The molecule has 88 valence electrons. The SMILES string of the molecule is COC(=O)CCc1cccc([B-](F)(F)F)c1.